The van der Waals surface area contributed by atoms with Gasteiger partial charge >= 0.3 is 0 Å². The molecule has 5 heteroatoms. The zero-order chi connectivity index (χ0) is 17.1. The van der Waals surface area contributed by atoms with Crippen LogP contribution in [0.25, 0.3) is 0 Å². The van der Waals surface area contributed by atoms with Crippen molar-refractivity contribution in [3.8, 4) is 5.75 Å². The van der Waals surface area contributed by atoms with Crippen LogP contribution in [-0.2, 0) is 9.53 Å². The van der Waals surface area contributed by atoms with Crippen LogP contribution in [0.1, 0.15) is 32.8 Å². The lowest BCUT2D eigenvalue weighted by Gasteiger charge is -2.57. The third-order valence-electron chi connectivity index (χ3n) is 4.97. The second-order valence-electron chi connectivity index (χ2n) is 6.71. The van der Waals surface area contributed by atoms with E-state index in [1.165, 1.54) is 0 Å². The lowest BCUT2D eigenvalue weighted by molar-refractivity contribution is -0.170. The van der Waals surface area contributed by atoms with Crippen LogP contribution in [-0.4, -0.2) is 37.3 Å². The van der Waals surface area contributed by atoms with E-state index in [1.54, 1.807) is 0 Å². The van der Waals surface area contributed by atoms with Crippen molar-refractivity contribution >= 4 is 5.91 Å². The molecule has 0 saturated heterocycles. The standard InChI is InChI=1S/C18H28N2O3/c1-5-22-15-12-18(19,17(15,3)4)16(21)20-10-11-23-14-9-7-6-8-13(14)2/h6-9,15H,5,10-12,19H2,1-4H3,(H,20,21). The second-order valence-corrected chi connectivity index (χ2v) is 6.71. The maximum absolute atomic E-state index is 12.4. The highest BCUT2D eigenvalue weighted by Crippen LogP contribution is 2.49. The van der Waals surface area contributed by atoms with Gasteiger partial charge in [0.25, 0.3) is 0 Å². The molecule has 128 valence electrons. The Bertz CT molecular complexity index is 559. The predicted molar refractivity (Wildman–Crippen MR) is 90.4 cm³/mol. The van der Waals surface area contributed by atoms with Crippen molar-refractivity contribution in [3.63, 3.8) is 0 Å². The summed E-state index contributed by atoms with van der Waals surface area (Å²) in [5, 5.41) is 2.89. The molecule has 0 bridgehead atoms. The summed E-state index contributed by atoms with van der Waals surface area (Å²) in [4.78, 5) is 12.4. The molecule has 2 rings (SSSR count). The van der Waals surface area contributed by atoms with Gasteiger partial charge in [-0.05, 0) is 25.5 Å². The number of nitrogens with two attached hydrogens (primary N) is 1. The molecule has 2 unspecified atom stereocenters. The SMILES string of the molecule is CCOC1CC(N)(C(=O)NCCOc2ccccc2C)C1(C)C. The minimum absolute atomic E-state index is 0.0338. The van der Waals surface area contributed by atoms with Crippen LogP contribution in [0.5, 0.6) is 5.75 Å². The largest absolute Gasteiger partial charge is 0.491 e. The van der Waals surface area contributed by atoms with Gasteiger partial charge < -0.3 is 20.5 Å². The Kier molecular flexibility index (Phi) is 5.32. The van der Waals surface area contributed by atoms with Crippen molar-refractivity contribution in [3.05, 3.63) is 29.8 Å². The van der Waals surface area contributed by atoms with Gasteiger partial charge in [0.15, 0.2) is 0 Å². The fraction of sp³-hybridized carbons (Fsp3) is 0.611. The van der Waals surface area contributed by atoms with Gasteiger partial charge in [0.05, 0.1) is 12.6 Å². The third-order valence-corrected chi connectivity index (χ3v) is 4.97. The first kappa shape index (κ1) is 17.8. The molecule has 1 amide bonds. The Balaban J connectivity index is 1.80. The highest BCUT2D eigenvalue weighted by molar-refractivity contribution is 5.88. The fourth-order valence-corrected chi connectivity index (χ4v) is 3.02. The predicted octanol–water partition coefficient (Wildman–Crippen LogP) is 2.02. The normalized spacial score (nSPS) is 25.5. The first-order valence-electron chi connectivity index (χ1n) is 8.20. The van der Waals surface area contributed by atoms with Gasteiger partial charge in [-0.2, -0.15) is 0 Å². The first-order valence-corrected chi connectivity index (χ1v) is 8.20. The number of para-hydroxylation sites is 1. The number of hydrogen-bond donors (Lipinski definition) is 2. The van der Waals surface area contributed by atoms with Gasteiger partial charge in [-0.3, -0.25) is 4.79 Å². The summed E-state index contributed by atoms with van der Waals surface area (Å²) in [6, 6.07) is 7.81. The average molecular weight is 320 g/mol. The van der Waals surface area contributed by atoms with E-state index in [9.17, 15) is 4.79 Å². The minimum Gasteiger partial charge on any atom is -0.491 e. The van der Waals surface area contributed by atoms with Gasteiger partial charge in [0.2, 0.25) is 5.91 Å². The van der Waals surface area contributed by atoms with E-state index >= 15 is 0 Å². The minimum atomic E-state index is -0.879. The molecule has 2 atom stereocenters. The summed E-state index contributed by atoms with van der Waals surface area (Å²) < 4.78 is 11.3. The first-order chi connectivity index (χ1) is 10.8. The van der Waals surface area contributed by atoms with E-state index in [0.29, 0.717) is 26.2 Å². The van der Waals surface area contributed by atoms with Crippen molar-refractivity contribution in [2.75, 3.05) is 19.8 Å². The van der Waals surface area contributed by atoms with E-state index in [4.69, 9.17) is 15.2 Å². The molecule has 1 aliphatic carbocycles. The van der Waals surface area contributed by atoms with E-state index in [2.05, 4.69) is 5.32 Å². The molecule has 1 aromatic rings. The van der Waals surface area contributed by atoms with E-state index < -0.39 is 5.54 Å². The summed E-state index contributed by atoms with van der Waals surface area (Å²) in [6.45, 7) is 9.41. The molecule has 1 saturated carbocycles. The van der Waals surface area contributed by atoms with Crippen molar-refractivity contribution < 1.29 is 14.3 Å². The fourth-order valence-electron chi connectivity index (χ4n) is 3.02. The molecule has 1 aromatic carbocycles. The Morgan fingerprint density at radius 3 is 2.70 bits per heavy atom. The molecule has 23 heavy (non-hydrogen) atoms. The average Bonchev–Trinajstić information content (AvgIpc) is 2.52. The zero-order valence-electron chi connectivity index (χ0n) is 14.5. The number of ether oxygens (including phenoxy) is 2. The van der Waals surface area contributed by atoms with Gasteiger partial charge in [-0.25, -0.2) is 0 Å². The lowest BCUT2D eigenvalue weighted by Crippen LogP contribution is -2.75. The third kappa shape index (κ3) is 3.35. The van der Waals surface area contributed by atoms with Crippen LogP contribution in [0.15, 0.2) is 24.3 Å². The number of hydrogen-bond acceptors (Lipinski definition) is 4. The number of carbonyl (C=O) groups excluding carboxylic acids is 1. The topological polar surface area (TPSA) is 73.6 Å². The zero-order valence-corrected chi connectivity index (χ0v) is 14.5. The van der Waals surface area contributed by atoms with Crippen molar-refractivity contribution in [1.82, 2.24) is 5.32 Å². The number of aryl methyl sites for hydroxylation is 1. The van der Waals surface area contributed by atoms with Crippen molar-refractivity contribution in [2.45, 2.75) is 45.8 Å². The highest BCUT2D eigenvalue weighted by Gasteiger charge is 2.62. The lowest BCUT2D eigenvalue weighted by atomic mass is 9.54. The van der Waals surface area contributed by atoms with Crippen molar-refractivity contribution in [2.24, 2.45) is 11.1 Å². The van der Waals surface area contributed by atoms with Gasteiger partial charge in [-0.1, -0.05) is 32.0 Å². The van der Waals surface area contributed by atoms with E-state index in [0.717, 1.165) is 11.3 Å². The van der Waals surface area contributed by atoms with Crippen LogP contribution in [0, 0.1) is 12.3 Å². The van der Waals surface area contributed by atoms with Crippen LogP contribution in [0.4, 0.5) is 0 Å². The summed E-state index contributed by atoms with van der Waals surface area (Å²) in [5.74, 6) is 0.705. The molecule has 0 heterocycles. The molecule has 0 radical (unpaired) electrons. The summed E-state index contributed by atoms with van der Waals surface area (Å²) in [7, 11) is 0. The molecule has 3 N–H and O–H groups in total. The number of benzene rings is 1. The number of carbonyl (C=O) groups is 1. The molecular weight excluding hydrogens is 292 g/mol. The summed E-state index contributed by atoms with van der Waals surface area (Å²) in [6.07, 6.45) is 0.588. The highest BCUT2D eigenvalue weighted by atomic mass is 16.5. The van der Waals surface area contributed by atoms with E-state index in [1.807, 2.05) is 52.0 Å². The molecule has 1 aliphatic rings. The Labute approximate surface area is 138 Å². The molecular formula is C18H28N2O3. The quantitative estimate of drug-likeness (QED) is 0.754. The van der Waals surface area contributed by atoms with Crippen molar-refractivity contribution in [1.29, 1.82) is 0 Å². The second kappa shape index (κ2) is 6.89. The Hall–Kier alpha value is -1.59. The van der Waals surface area contributed by atoms with Gasteiger partial charge in [-0.15, -0.1) is 0 Å². The smallest absolute Gasteiger partial charge is 0.240 e. The van der Waals surface area contributed by atoms with Crippen LogP contribution >= 0.6 is 0 Å². The summed E-state index contributed by atoms with van der Waals surface area (Å²) >= 11 is 0. The molecule has 1 fully saturated rings. The van der Waals surface area contributed by atoms with Gasteiger partial charge in [0, 0.05) is 18.4 Å². The van der Waals surface area contributed by atoms with Crippen LogP contribution in [0.2, 0.25) is 0 Å². The maximum Gasteiger partial charge on any atom is 0.240 e. The monoisotopic (exact) mass is 320 g/mol. The molecule has 5 nitrogen and oxygen atoms in total. The van der Waals surface area contributed by atoms with Crippen LogP contribution in [0.3, 0.4) is 0 Å². The Morgan fingerprint density at radius 1 is 1.39 bits per heavy atom. The maximum atomic E-state index is 12.4. The van der Waals surface area contributed by atoms with Gasteiger partial charge in [0.1, 0.15) is 17.9 Å². The number of rotatable bonds is 7. The number of amides is 1. The molecule has 0 aliphatic heterocycles. The molecule has 0 spiro atoms. The van der Waals surface area contributed by atoms with Crippen LogP contribution < -0.4 is 15.8 Å². The number of nitrogens with one attached hydrogen (secondary N) is 1. The summed E-state index contributed by atoms with van der Waals surface area (Å²) in [5.41, 5.74) is 6.16. The molecule has 0 aromatic heterocycles. The Morgan fingerprint density at radius 2 is 2.09 bits per heavy atom. The van der Waals surface area contributed by atoms with E-state index in [-0.39, 0.29) is 17.4 Å².